The quantitative estimate of drug-likeness (QED) is 0.593. The van der Waals surface area contributed by atoms with Gasteiger partial charge in [-0.1, -0.05) is 17.7 Å². The van der Waals surface area contributed by atoms with Gasteiger partial charge in [-0.15, -0.1) is 11.3 Å². The Balaban J connectivity index is 1.66. The van der Waals surface area contributed by atoms with Crippen molar-refractivity contribution in [3.8, 4) is 5.75 Å². The number of amides is 1. The molecule has 1 heterocycles. The van der Waals surface area contributed by atoms with Crippen LogP contribution in [-0.4, -0.2) is 5.91 Å². The van der Waals surface area contributed by atoms with E-state index in [1.54, 1.807) is 17.5 Å². The summed E-state index contributed by atoms with van der Waals surface area (Å²) in [5.74, 6) is -1.28. The van der Waals surface area contributed by atoms with E-state index in [1.807, 2.05) is 19.1 Å². The highest BCUT2D eigenvalue weighted by Gasteiger charge is 2.13. The second-order valence-corrected chi connectivity index (χ2v) is 6.94. The molecule has 0 fully saturated rings. The van der Waals surface area contributed by atoms with E-state index in [0.717, 1.165) is 29.3 Å². The highest BCUT2D eigenvalue weighted by atomic mass is 35.5. The minimum Gasteiger partial charge on any atom is -0.487 e. The van der Waals surface area contributed by atoms with Crippen molar-refractivity contribution in [1.82, 2.24) is 0 Å². The first-order valence-electron chi connectivity index (χ1n) is 7.65. The van der Waals surface area contributed by atoms with Gasteiger partial charge >= 0.3 is 0 Å². The first-order chi connectivity index (χ1) is 12.4. The molecule has 1 amide bonds. The Labute approximate surface area is 158 Å². The maximum atomic E-state index is 13.6. The summed E-state index contributed by atoms with van der Waals surface area (Å²) < 4.78 is 32.5. The summed E-state index contributed by atoms with van der Waals surface area (Å²) in [5, 5.41) is 4.63. The zero-order valence-electron chi connectivity index (χ0n) is 13.7. The molecule has 0 atom stereocenters. The Morgan fingerprint density at radius 1 is 1.19 bits per heavy atom. The topological polar surface area (TPSA) is 38.3 Å². The average Bonchev–Trinajstić information content (AvgIpc) is 3.08. The lowest BCUT2D eigenvalue weighted by atomic mass is 10.2. The molecule has 0 spiro atoms. The van der Waals surface area contributed by atoms with Gasteiger partial charge in [0.05, 0.1) is 15.6 Å². The summed E-state index contributed by atoms with van der Waals surface area (Å²) in [6, 6.07) is 9.99. The van der Waals surface area contributed by atoms with Crippen LogP contribution >= 0.6 is 22.9 Å². The first-order valence-corrected chi connectivity index (χ1v) is 8.91. The molecule has 1 N–H and O–H groups in total. The molecule has 7 heteroatoms. The summed E-state index contributed by atoms with van der Waals surface area (Å²) in [6.07, 6.45) is 0. The number of carbonyl (C=O) groups is 1. The standard InChI is InChI=1S/C19H14ClF2NO2S/c1-11-2-4-14(20)17(6-11)25-9-12-7-18(26-10-12)19(24)23-16-8-13(21)3-5-15(16)22/h2-8,10H,9H2,1H3,(H,23,24). The van der Waals surface area contributed by atoms with Gasteiger partial charge in [0.1, 0.15) is 24.0 Å². The van der Waals surface area contributed by atoms with Gasteiger partial charge in [-0.2, -0.15) is 0 Å². The molecule has 0 saturated carbocycles. The van der Waals surface area contributed by atoms with Gasteiger partial charge in [0.25, 0.3) is 5.91 Å². The number of nitrogens with one attached hydrogen (secondary N) is 1. The molecule has 0 bridgehead atoms. The van der Waals surface area contributed by atoms with E-state index in [4.69, 9.17) is 16.3 Å². The minimum atomic E-state index is -0.700. The smallest absolute Gasteiger partial charge is 0.265 e. The predicted molar refractivity (Wildman–Crippen MR) is 99.2 cm³/mol. The van der Waals surface area contributed by atoms with Crippen molar-refractivity contribution in [3.05, 3.63) is 80.5 Å². The molecule has 3 nitrogen and oxygen atoms in total. The summed E-state index contributed by atoms with van der Waals surface area (Å²) >= 11 is 7.27. The Bertz CT molecular complexity index is 958. The lowest BCUT2D eigenvalue weighted by molar-refractivity contribution is 0.103. The molecule has 134 valence electrons. The Morgan fingerprint density at radius 2 is 2.00 bits per heavy atom. The lowest BCUT2D eigenvalue weighted by Crippen LogP contribution is -2.11. The van der Waals surface area contributed by atoms with Crippen LogP contribution < -0.4 is 10.1 Å². The van der Waals surface area contributed by atoms with Gasteiger partial charge in [0.15, 0.2) is 0 Å². The Morgan fingerprint density at radius 3 is 2.81 bits per heavy atom. The zero-order chi connectivity index (χ0) is 18.7. The first kappa shape index (κ1) is 18.4. The molecule has 3 aromatic rings. The van der Waals surface area contributed by atoms with Crippen LogP contribution in [-0.2, 0) is 6.61 Å². The normalized spacial score (nSPS) is 10.6. The molecule has 3 rings (SSSR count). The van der Waals surface area contributed by atoms with Gasteiger partial charge in [-0.3, -0.25) is 4.79 Å². The SMILES string of the molecule is Cc1ccc(Cl)c(OCc2csc(C(=O)Nc3cc(F)ccc3F)c2)c1. The summed E-state index contributed by atoms with van der Waals surface area (Å²) in [5.41, 5.74) is 1.59. The largest absolute Gasteiger partial charge is 0.487 e. The second-order valence-electron chi connectivity index (χ2n) is 5.62. The average molecular weight is 394 g/mol. The fourth-order valence-electron chi connectivity index (χ4n) is 2.23. The van der Waals surface area contributed by atoms with Crippen LogP contribution in [0.2, 0.25) is 5.02 Å². The predicted octanol–water partition coefficient (Wildman–Crippen LogP) is 5.82. The summed E-state index contributed by atoms with van der Waals surface area (Å²) in [7, 11) is 0. The highest BCUT2D eigenvalue weighted by molar-refractivity contribution is 7.12. The third kappa shape index (κ3) is 4.39. The number of hydrogen-bond acceptors (Lipinski definition) is 3. The van der Waals surface area contributed by atoms with Gasteiger partial charge in [0, 0.05) is 11.6 Å². The molecule has 0 radical (unpaired) electrons. The van der Waals surface area contributed by atoms with E-state index >= 15 is 0 Å². The monoisotopic (exact) mass is 393 g/mol. The van der Waals surface area contributed by atoms with E-state index < -0.39 is 17.5 Å². The number of rotatable bonds is 5. The molecular formula is C19H14ClF2NO2S. The van der Waals surface area contributed by atoms with Gasteiger partial charge < -0.3 is 10.1 Å². The van der Waals surface area contributed by atoms with Crippen molar-refractivity contribution < 1.29 is 18.3 Å². The van der Waals surface area contributed by atoms with Crippen LogP contribution in [0.4, 0.5) is 14.5 Å². The second kappa shape index (κ2) is 7.85. The van der Waals surface area contributed by atoms with Crippen LogP contribution in [0.25, 0.3) is 0 Å². The number of anilines is 1. The van der Waals surface area contributed by atoms with Gasteiger partial charge in [-0.25, -0.2) is 8.78 Å². The molecule has 1 aromatic heterocycles. The van der Waals surface area contributed by atoms with Crippen molar-refractivity contribution in [1.29, 1.82) is 0 Å². The number of halogens is 3. The van der Waals surface area contributed by atoms with Crippen molar-refractivity contribution in [2.45, 2.75) is 13.5 Å². The van der Waals surface area contributed by atoms with Crippen LogP contribution in [0.15, 0.2) is 47.8 Å². The number of benzene rings is 2. The Hall–Kier alpha value is -2.44. The van der Waals surface area contributed by atoms with E-state index in [9.17, 15) is 13.6 Å². The van der Waals surface area contributed by atoms with E-state index in [-0.39, 0.29) is 12.3 Å². The highest BCUT2D eigenvalue weighted by Crippen LogP contribution is 2.27. The minimum absolute atomic E-state index is 0.201. The number of thiophene rings is 1. The lowest BCUT2D eigenvalue weighted by Gasteiger charge is -2.07. The van der Waals surface area contributed by atoms with Crippen molar-refractivity contribution in [3.63, 3.8) is 0 Å². The zero-order valence-corrected chi connectivity index (χ0v) is 15.3. The van der Waals surface area contributed by atoms with Gasteiger partial charge in [0.2, 0.25) is 0 Å². The van der Waals surface area contributed by atoms with E-state index in [2.05, 4.69) is 5.32 Å². The van der Waals surface area contributed by atoms with Crippen molar-refractivity contribution in [2.24, 2.45) is 0 Å². The fourth-order valence-corrected chi connectivity index (χ4v) is 3.19. The van der Waals surface area contributed by atoms with Crippen LogP contribution in [0.1, 0.15) is 20.8 Å². The van der Waals surface area contributed by atoms with Crippen molar-refractivity contribution >= 4 is 34.5 Å². The molecule has 26 heavy (non-hydrogen) atoms. The number of aryl methyl sites for hydroxylation is 1. The molecule has 0 aliphatic heterocycles. The molecule has 2 aromatic carbocycles. The summed E-state index contributed by atoms with van der Waals surface area (Å²) in [4.78, 5) is 12.6. The summed E-state index contributed by atoms with van der Waals surface area (Å²) in [6.45, 7) is 2.17. The molecular weight excluding hydrogens is 380 g/mol. The molecule has 0 unspecified atom stereocenters. The van der Waals surface area contributed by atoms with E-state index in [1.165, 1.54) is 11.3 Å². The molecule has 0 aliphatic carbocycles. The molecule has 0 aliphatic rings. The number of hydrogen-bond donors (Lipinski definition) is 1. The third-order valence-electron chi connectivity index (χ3n) is 3.54. The van der Waals surface area contributed by atoms with Crippen molar-refractivity contribution in [2.75, 3.05) is 5.32 Å². The maximum absolute atomic E-state index is 13.6. The molecule has 0 saturated heterocycles. The fraction of sp³-hybridized carbons (Fsp3) is 0.105. The maximum Gasteiger partial charge on any atom is 0.265 e. The van der Waals surface area contributed by atoms with Crippen LogP contribution in [0.3, 0.4) is 0 Å². The van der Waals surface area contributed by atoms with E-state index in [0.29, 0.717) is 15.6 Å². The number of carbonyl (C=O) groups excluding carboxylic acids is 1. The Kier molecular flexibility index (Phi) is 5.54. The number of ether oxygens (including phenoxy) is 1. The van der Waals surface area contributed by atoms with Gasteiger partial charge in [-0.05, 0) is 48.2 Å². The third-order valence-corrected chi connectivity index (χ3v) is 4.83. The van der Waals surface area contributed by atoms with Crippen LogP contribution in [0, 0.1) is 18.6 Å². The van der Waals surface area contributed by atoms with Crippen LogP contribution in [0.5, 0.6) is 5.75 Å².